The molecule has 0 saturated heterocycles. The van der Waals surface area contributed by atoms with Crippen LogP contribution in [0.5, 0.6) is 0 Å². The number of nitrogens with one attached hydrogen (secondary N) is 1. The zero-order chi connectivity index (χ0) is 14.5. The van der Waals surface area contributed by atoms with Crippen LogP contribution in [0.3, 0.4) is 0 Å². The first kappa shape index (κ1) is 14.9. The molecule has 1 fully saturated rings. The molecule has 5 nitrogen and oxygen atoms in total. The van der Waals surface area contributed by atoms with Crippen LogP contribution in [0.1, 0.15) is 35.8 Å². The molecule has 1 aromatic heterocycles. The molecule has 110 valence electrons. The van der Waals surface area contributed by atoms with Gasteiger partial charge in [-0.2, -0.15) is 0 Å². The van der Waals surface area contributed by atoms with E-state index in [-0.39, 0.29) is 5.97 Å². The molecule has 1 N–H and O–H groups in total. The van der Waals surface area contributed by atoms with E-state index in [2.05, 4.69) is 33.9 Å². The maximum Gasteiger partial charge on any atom is 0.339 e. The molecule has 1 aliphatic rings. The summed E-state index contributed by atoms with van der Waals surface area (Å²) in [6.45, 7) is 3.89. The summed E-state index contributed by atoms with van der Waals surface area (Å²) in [5.74, 6) is -0.350. The summed E-state index contributed by atoms with van der Waals surface area (Å²) in [5, 5.41) is 3.41. The van der Waals surface area contributed by atoms with Crippen LogP contribution in [0.2, 0.25) is 0 Å². The lowest BCUT2D eigenvalue weighted by atomic mass is 10.2. The van der Waals surface area contributed by atoms with Gasteiger partial charge in [0.05, 0.1) is 18.4 Å². The highest BCUT2D eigenvalue weighted by Gasteiger charge is 2.28. The Labute approximate surface area is 120 Å². The molecule has 0 spiro atoms. The predicted octanol–water partition coefficient (Wildman–Crippen LogP) is 1.44. The van der Waals surface area contributed by atoms with Gasteiger partial charge in [0.2, 0.25) is 0 Å². The van der Waals surface area contributed by atoms with E-state index in [1.165, 1.54) is 20.0 Å². The first-order valence-electron chi connectivity index (χ1n) is 7.07. The summed E-state index contributed by atoms with van der Waals surface area (Å²) in [4.78, 5) is 18.0. The van der Waals surface area contributed by atoms with E-state index in [4.69, 9.17) is 0 Å². The summed E-state index contributed by atoms with van der Waals surface area (Å²) < 4.78 is 4.64. The smallest absolute Gasteiger partial charge is 0.339 e. The molecular weight excluding hydrogens is 254 g/mol. The highest BCUT2D eigenvalue weighted by atomic mass is 16.5. The zero-order valence-electron chi connectivity index (χ0n) is 12.4. The fourth-order valence-electron chi connectivity index (χ4n) is 2.16. The molecule has 0 amide bonds. The molecule has 1 saturated carbocycles. The quantitative estimate of drug-likeness (QED) is 0.764. The third-order valence-electron chi connectivity index (χ3n) is 3.81. The number of ether oxygens (including phenoxy) is 1. The fourth-order valence-corrected chi connectivity index (χ4v) is 2.16. The monoisotopic (exact) mass is 277 g/mol. The number of pyridine rings is 1. The highest BCUT2D eigenvalue weighted by molar-refractivity contribution is 5.88. The van der Waals surface area contributed by atoms with E-state index in [1.807, 2.05) is 6.07 Å². The largest absolute Gasteiger partial charge is 0.465 e. The van der Waals surface area contributed by atoms with Gasteiger partial charge in [-0.25, -0.2) is 4.79 Å². The topological polar surface area (TPSA) is 54.5 Å². The number of aromatic nitrogens is 1. The van der Waals surface area contributed by atoms with E-state index in [1.54, 1.807) is 12.3 Å². The number of carbonyl (C=O) groups excluding carboxylic acids is 1. The van der Waals surface area contributed by atoms with Crippen LogP contribution in [-0.2, 0) is 11.3 Å². The minimum absolute atomic E-state index is 0.350. The molecule has 0 aromatic carbocycles. The molecule has 2 rings (SSSR count). The van der Waals surface area contributed by atoms with Crippen LogP contribution in [0.15, 0.2) is 18.3 Å². The Hall–Kier alpha value is -1.46. The maximum atomic E-state index is 11.3. The van der Waals surface area contributed by atoms with Gasteiger partial charge in [-0.15, -0.1) is 0 Å². The second-order valence-electron chi connectivity index (χ2n) is 5.41. The van der Waals surface area contributed by atoms with Crippen LogP contribution in [-0.4, -0.2) is 48.6 Å². The predicted molar refractivity (Wildman–Crippen MR) is 77.5 cm³/mol. The molecule has 1 atom stereocenters. The van der Waals surface area contributed by atoms with Gasteiger partial charge in [-0.05, 0) is 38.9 Å². The number of hydrogen-bond acceptors (Lipinski definition) is 5. The van der Waals surface area contributed by atoms with E-state index in [0.29, 0.717) is 18.2 Å². The second kappa shape index (κ2) is 6.81. The van der Waals surface area contributed by atoms with Crippen molar-refractivity contribution in [1.29, 1.82) is 0 Å². The average Bonchev–Trinajstić information content (AvgIpc) is 3.31. The summed E-state index contributed by atoms with van der Waals surface area (Å²) in [6, 6.07) is 4.91. The second-order valence-corrected chi connectivity index (χ2v) is 5.41. The Morgan fingerprint density at radius 3 is 2.85 bits per heavy atom. The molecule has 0 aliphatic heterocycles. The summed E-state index contributed by atoms with van der Waals surface area (Å²) in [6.07, 6.45) is 4.22. The Balaban J connectivity index is 1.74. The molecule has 5 heteroatoms. The van der Waals surface area contributed by atoms with Crippen molar-refractivity contribution in [2.75, 3.05) is 20.7 Å². The molecule has 1 unspecified atom stereocenters. The summed E-state index contributed by atoms with van der Waals surface area (Å²) in [7, 11) is 3.56. The van der Waals surface area contributed by atoms with Gasteiger partial charge in [-0.3, -0.25) is 9.88 Å². The van der Waals surface area contributed by atoms with E-state index in [9.17, 15) is 4.79 Å². The van der Waals surface area contributed by atoms with Crippen LogP contribution < -0.4 is 5.32 Å². The van der Waals surface area contributed by atoms with Crippen LogP contribution >= 0.6 is 0 Å². The van der Waals surface area contributed by atoms with Crippen molar-refractivity contribution in [3.05, 3.63) is 29.6 Å². The van der Waals surface area contributed by atoms with Gasteiger partial charge in [0.25, 0.3) is 0 Å². The standard InChI is InChI=1S/C15H23N3O2/c1-11(18(2)14-6-7-14)8-16-10-13-5-4-12(9-17-13)15(19)20-3/h4-5,9,11,14,16H,6-8,10H2,1-3H3. The minimum Gasteiger partial charge on any atom is -0.465 e. The van der Waals surface area contributed by atoms with Crippen molar-refractivity contribution >= 4 is 5.97 Å². The van der Waals surface area contributed by atoms with Crippen molar-refractivity contribution < 1.29 is 9.53 Å². The third kappa shape index (κ3) is 4.02. The van der Waals surface area contributed by atoms with Crippen molar-refractivity contribution in [2.45, 2.75) is 38.4 Å². The Bertz CT molecular complexity index is 443. The molecular formula is C15H23N3O2. The van der Waals surface area contributed by atoms with Crippen LogP contribution in [0, 0.1) is 0 Å². The van der Waals surface area contributed by atoms with E-state index < -0.39 is 0 Å². The van der Waals surface area contributed by atoms with Crippen molar-refractivity contribution in [3.63, 3.8) is 0 Å². The van der Waals surface area contributed by atoms with Gasteiger partial charge in [0.1, 0.15) is 0 Å². The van der Waals surface area contributed by atoms with Crippen molar-refractivity contribution in [3.8, 4) is 0 Å². The number of nitrogens with zero attached hydrogens (tertiary/aromatic N) is 2. The molecule has 1 heterocycles. The molecule has 20 heavy (non-hydrogen) atoms. The lowest BCUT2D eigenvalue weighted by Crippen LogP contribution is -2.39. The van der Waals surface area contributed by atoms with Gasteiger partial charge in [-0.1, -0.05) is 0 Å². The third-order valence-corrected chi connectivity index (χ3v) is 3.81. The van der Waals surface area contributed by atoms with Crippen LogP contribution in [0.4, 0.5) is 0 Å². The minimum atomic E-state index is -0.350. The molecule has 0 radical (unpaired) electrons. The van der Waals surface area contributed by atoms with E-state index in [0.717, 1.165) is 18.3 Å². The Morgan fingerprint density at radius 1 is 1.55 bits per heavy atom. The number of rotatable bonds is 7. The number of methoxy groups -OCH3 is 1. The Kier molecular flexibility index (Phi) is 5.09. The lowest BCUT2D eigenvalue weighted by molar-refractivity contribution is 0.0600. The molecule has 0 bridgehead atoms. The number of hydrogen-bond donors (Lipinski definition) is 1. The maximum absolute atomic E-state index is 11.3. The normalized spacial score (nSPS) is 16.2. The first-order valence-corrected chi connectivity index (χ1v) is 7.07. The van der Waals surface area contributed by atoms with E-state index >= 15 is 0 Å². The number of esters is 1. The van der Waals surface area contributed by atoms with Gasteiger partial charge >= 0.3 is 5.97 Å². The number of likely N-dealkylation sites (N-methyl/N-ethyl adjacent to an activating group) is 1. The molecule has 1 aliphatic carbocycles. The van der Waals surface area contributed by atoms with Crippen molar-refractivity contribution in [2.24, 2.45) is 0 Å². The summed E-state index contributed by atoms with van der Waals surface area (Å²) >= 11 is 0. The van der Waals surface area contributed by atoms with Gasteiger partial charge < -0.3 is 10.1 Å². The van der Waals surface area contributed by atoms with Crippen LogP contribution in [0.25, 0.3) is 0 Å². The summed E-state index contributed by atoms with van der Waals surface area (Å²) in [5.41, 5.74) is 1.41. The molecule has 1 aromatic rings. The zero-order valence-corrected chi connectivity index (χ0v) is 12.4. The fraction of sp³-hybridized carbons (Fsp3) is 0.600. The lowest BCUT2D eigenvalue weighted by Gasteiger charge is -2.24. The van der Waals surface area contributed by atoms with Gasteiger partial charge in [0.15, 0.2) is 0 Å². The average molecular weight is 277 g/mol. The van der Waals surface area contributed by atoms with Gasteiger partial charge in [0, 0.05) is 31.4 Å². The first-order chi connectivity index (χ1) is 9.61. The number of carbonyl (C=O) groups is 1. The Morgan fingerprint density at radius 2 is 2.30 bits per heavy atom. The highest BCUT2D eigenvalue weighted by Crippen LogP contribution is 2.26. The SMILES string of the molecule is COC(=O)c1ccc(CNCC(C)N(C)C2CC2)nc1. The van der Waals surface area contributed by atoms with Crippen molar-refractivity contribution in [1.82, 2.24) is 15.2 Å².